The van der Waals surface area contributed by atoms with Crippen molar-refractivity contribution in [3.05, 3.63) is 29.1 Å². The van der Waals surface area contributed by atoms with Gasteiger partial charge in [0.05, 0.1) is 0 Å². The molecule has 2 rings (SSSR count). The van der Waals surface area contributed by atoms with Crippen LogP contribution >= 0.6 is 15.9 Å². The summed E-state index contributed by atoms with van der Waals surface area (Å²) >= 11 is 3.28. The number of aromatic nitrogens is 4. The Morgan fingerprint density at radius 1 is 1.36 bits per heavy atom. The molecule has 0 atom stereocenters. The third-order valence-electron chi connectivity index (χ3n) is 1.47. The molecule has 14 heavy (non-hydrogen) atoms. The second-order valence-corrected chi connectivity index (χ2v) is 3.53. The van der Waals surface area contributed by atoms with Gasteiger partial charge in [-0.2, -0.15) is 4.98 Å². The molecule has 0 bridgehead atoms. The van der Waals surface area contributed by atoms with Gasteiger partial charge in [0.1, 0.15) is 6.33 Å². The van der Waals surface area contributed by atoms with Crippen molar-refractivity contribution in [2.45, 2.75) is 0 Å². The summed E-state index contributed by atoms with van der Waals surface area (Å²) in [4.78, 5) is 7.94. The van der Waals surface area contributed by atoms with E-state index in [-0.39, 0.29) is 0 Å². The number of ether oxygens (including phenoxy) is 1. The predicted octanol–water partition coefficient (Wildman–Crippen LogP) is 1.76. The Kier molecular flexibility index (Phi) is 2.45. The van der Waals surface area contributed by atoms with Crippen molar-refractivity contribution in [2.75, 3.05) is 0 Å². The Balaban J connectivity index is 2.15. The normalized spacial score (nSPS) is 10.1. The van der Waals surface area contributed by atoms with E-state index in [1.54, 1.807) is 30.3 Å². The van der Waals surface area contributed by atoms with Gasteiger partial charge in [0, 0.05) is 23.8 Å². The highest BCUT2D eigenvalue weighted by Gasteiger charge is 2.02. The van der Waals surface area contributed by atoms with E-state index in [4.69, 9.17) is 4.74 Å². The minimum Gasteiger partial charge on any atom is -0.404 e. The van der Waals surface area contributed by atoms with Crippen LogP contribution in [0.4, 0.5) is 0 Å². The topological polar surface area (TPSA) is 52.8 Å². The number of hydrogen-bond donors (Lipinski definition) is 0. The van der Waals surface area contributed by atoms with Gasteiger partial charge in [-0.25, -0.2) is 4.98 Å². The minimum absolute atomic E-state index is 0.294. The number of halogens is 1. The number of rotatable bonds is 2. The molecule has 0 fully saturated rings. The summed E-state index contributed by atoms with van der Waals surface area (Å²) in [5, 5.41) is 3.96. The molecule has 2 heterocycles. The number of nitrogens with zero attached hydrogens (tertiary/aromatic N) is 4. The molecule has 72 valence electrons. The Bertz CT molecular complexity index is 425. The largest absolute Gasteiger partial charge is 0.404 e. The molecular formula is C8H7BrN4O. The molecule has 0 aliphatic heterocycles. The van der Waals surface area contributed by atoms with Gasteiger partial charge in [-0.3, -0.25) is 4.68 Å². The summed E-state index contributed by atoms with van der Waals surface area (Å²) in [6.07, 6.45) is 3.21. The highest BCUT2D eigenvalue weighted by molar-refractivity contribution is 9.10. The van der Waals surface area contributed by atoms with Gasteiger partial charge in [0.25, 0.3) is 0 Å². The molecule has 0 aliphatic rings. The van der Waals surface area contributed by atoms with E-state index in [9.17, 15) is 0 Å². The standard InChI is InChI=1S/C8H7BrN4O/c1-13-5-11-8(12-13)14-7-3-2-6(9)4-10-7/h2-5H,1H3. The van der Waals surface area contributed by atoms with Crippen molar-refractivity contribution in [3.8, 4) is 11.9 Å². The summed E-state index contributed by atoms with van der Waals surface area (Å²) in [6.45, 7) is 0. The summed E-state index contributed by atoms with van der Waals surface area (Å²) in [6, 6.07) is 3.87. The highest BCUT2D eigenvalue weighted by atomic mass is 79.9. The minimum atomic E-state index is 0.294. The van der Waals surface area contributed by atoms with E-state index in [1.165, 1.54) is 0 Å². The van der Waals surface area contributed by atoms with Crippen LogP contribution in [0.25, 0.3) is 0 Å². The summed E-state index contributed by atoms with van der Waals surface area (Å²) in [5.41, 5.74) is 0. The van der Waals surface area contributed by atoms with Gasteiger partial charge in [-0.15, -0.1) is 5.10 Å². The van der Waals surface area contributed by atoms with Crippen molar-refractivity contribution in [3.63, 3.8) is 0 Å². The number of hydrogen-bond acceptors (Lipinski definition) is 4. The Morgan fingerprint density at radius 2 is 2.21 bits per heavy atom. The van der Waals surface area contributed by atoms with Crippen molar-refractivity contribution in [2.24, 2.45) is 7.05 Å². The second kappa shape index (κ2) is 3.75. The first-order valence-corrected chi connectivity index (χ1v) is 4.68. The molecule has 0 saturated carbocycles. The van der Waals surface area contributed by atoms with Crippen molar-refractivity contribution >= 4 is 15.9 Å². The van der Waals surface area contributed by atoms with Crippen molar-refractivity contribution < 1.29 is 4.74 Å². The molecule has 0 aromatic carbocycles. The van der Waals surface area contributed by atoms with E-state index in [0.29, 0.717) is 11.9 Å². The maximum atomic E-state index is 5.28. The molecule has 0 radical (unpaired) electrons. The lowest BCUT2D eigenvalue weighted by Crippen LogP contribution is -1.91. The van der Waals surface area contributed by atoms with Gasteiger partial charge in [-0.1, -0.05) is 0 Å². The molecule has 0 N–H and O–H groups in total. The van der Waals surface area contributed by atoms with Crippen LogP contribution in [0.5, 0.6) is 11.9 Å². The molecule has 0 saturated heterocycles. The Hall–Kier alpha value is -1.43. The quantitative estimate of drug-likeness (QED) is 0.820. The molecule has 6 heteroatoms. The lowest BCUT2D eigenvalue weighted by Gasteiger charge is -1.98. The zero-order chi connectivity index (χ0) is 9.97. The molecule has 0 amide bonds. The molecule has 2 aromatic heterocycles. The van der Waals surface area contributed by atoms with Crippen molar-refractivity contribution in [1.29, 1.82) is 0 Å². The van der Waals surface area contributed by atoms with Gasteiger partial charge < -0.3 is 4.74 Å². The van der Waals surface area contributed by atoms with Crippen LogP contribution in [0, 0.1) is 0 Å². The average Bonchev–Trinajstić information content (AvgIpc) is 2.56. The molecule has 0 unspecified atom stereocenters. The molecule has 2 aromatic rings. The fourth-order valence-electron chi connectivity index (χ4n) is 0.882. The Morgan fingerprint density at radius 3 is 2.79 bits per heavy atom. The molecule has 0 spiro atoms. The molecule has 0 aliphatic carbocycles. The van der Waals surface area contributed by atoms with Crippen molar-refractivity contribution in [1.82, 2.24) is 19.7 Å². The van der Waals surface area contributed by atoms with Gasteiger partial charge >= 0.3 is 6.01 Å². The SMILES string of the molecule is Cn1cnc(Oc2ccc(Br)cn2)n1. The van der Waals surface area contributed by atoms with E-state index in [1.807, 2.05) is 6.07 Å². The molecule has 5 nitrogen and oxygen atoms in total. The zero-order valence-corrected chi connectivity index (χ0v) is 8.97. The van der Waals surface area contributed by atoms with Gasteiger partial charge in [0.2, 0.25) is 5.88 Å². The fraction of sp³-hybridized carbons (Fsp3) is 0.125. The third-order valence-corrected chi connectivity index (χ3v) is 1.94. The number of pyridine rings is 1. The molecular weight excluding hydrogens is 248 g/mol. The second-order valence-electron chi connectivity index (χ2n) is 2.62. The first-order chi connectivity index (χ1) is 6.74. The third kappa shape index (κ3) is 2.08. The van der Waals surface area contributed by atoms with Crippen LogP contribution < -0.4 is 4.74 Å². The van der Waals surface area contributed by atoms with Crippen LogP contribution in [-0.4, -0.2) is 19.7 Å². The van der Waals surface area contributed by atoms with Crippen LogP contribution in [0.2, 0.25) is 0 Å². The summed E-state index contributed by atoms with van der Waals surface area (Å²) in [5.74, 6) is 0.472. The van der Waals surface area contributed by atoms with E-state index < -0.39 is 0 Å². The number of aryl methyl sites for hydroxylation is 1. The van der Waals surface area contributed by atoms with Crippen LogP contribution in [-0.2, 0) is 7.05 Å². The van der Waals surface area contributed by atoms with Crippen LogP contribution in [0.3, 0.4) is 0 Å². The Labute approximate surface area is 88.9 Å². The maximum Gasteiger partial charge on any atom is 0.342 e. The van der Waals surface area contributed by atoms with Crippen LogP contribution in [0.15, 0.2) is 29.1 Å². The van der Waals surface area contributed by atoms with E-state index >= 15 is 0 Å². The first-order valence-electron chi connectivity index (χ1n) is 3.89. The van der Waals surface area contributed by atoms with E-state index in [2.05, 4.69) is 31.0 Å². The lowest BCUT2D eigenvalue weighted by atomic mass is 10.5. The van der Waals surface area contributed by atoms with Gasteiger partial charge in [0.15, 0.2) is 0 Å². The highest BCUT2D eigenvalue weighted by Crippen LogP contribution is 2.16. The predicted molar refractivity (Wildman–Crippen MR) is 53.0 cm³/mol. The van der Waals surface area contributed by atoms with Gasteiger partial charge in [-0.05, 0) is 22.0 Å². The average molecular weight is 255 g/mol. The zero-order valence-electron chi connectivity index (χ0n) is 7.38. The summed E-state index contributed by atoms with van der Waals surface area (Å²) < 4.78 is 7.74. The maximum absolute atomic E-state index is 5.28. The van der Waals surface area contributed by atoms with Crippen LogP contribution in [0.1, 0.15) is 0 Å². The monoisotopic (exact) mass is 254 g/mol. The lowest BCUT2D eigenvalue weighted by molar-refractivity contribution is 0.422. The van der Waals surface area contributed by atoms with E-state index in [0.717, 1.165) is 4.47 Å². The fourth-order valence-corrected chi connectivity index (χ4v) is 1.12. The summed E-state index contributed by atoms with van der Waals surface area (Å²) in [7, 11) is 1.77. The smallest absolute Gasteiger partial charge is 0.342 e. The first kappa shape index (κ1) is 9.14.